The molecule has 1 heteroatoms. The van der Waals surface area contributed by atoms with E-state index < -0.39 is 0 Å². The van der Waals surface area contributed by atoms with Crippen LogP contribution in [-0.2, 0) is 0 Å². The number of unbranched alkanes of at least 4 members (excludes halogenated alkanes) is 1. The zero-order valence-electron chi connectivity index (χ0n) is 8.38. The van der Waals surface area contributed by atoms with E-state index in [9.17, 15) is 0 Å². The molecule has 1 rings (SSSR count). The Morgan fingerprint density at radius 1 is 1.31 bits per heavy atom. The highest BCUT2D eigenvalue weighted by Gasteiger charge is 1.93. The molecule has 1 aromatic rings. The highest BCUT2D eigenvalue weighted by Crippen LogP contribution is 2.16. The Balaban J connectivity index is 2.77. The third-order valence-electron chi connectivity index (χ3n) is 2.11. The maximum atomic E-state index is 5.61. The van der Waals surface area contributed by atoms with Crippen LogP contribution < -0.4 is 5.73 Å². The molecule has 13 heavy (non-hydrogen) atoms. The zero-order valence-corrected chi connectivity index (χ0v) is 8.38. The first-order valence-electron chi connectivity index (χ1n) is 4.76. The summed E-state index contributed by atoms with van der Waals surface area (Å²) in [4.78, 5) is 0. The number of hydrogen-bond donors (Lipinski definition) is 1. The monoisotopic (exact) mass is 175 g/mol. The molecule has 0 bridgehead atoms. The van der Waals surface area contributed by atoms with Gasteiger partial charge in [0, 0.05) is 5.69 Å². The summed E-state index contributed by atoms with van der Waals surface area (Å²) in [5, 5.41) is 0. The first-order chi connectivity index (χ1) is 6.24. The second kappa shape index (κ2) is 4.70. The van der Waals surface area contributed by atoms with Crippen molar-refractivity contribution in [1.82, 2.24) is 0 Å². The summed E-state index contributed by atoms with van der Waals surface area (Å²) in [5.41, 5.74) is 9.03. The third-order valence-corrected chi connectivity index (χ3v) is 2.11. The second-order valence-electron chi connectivity index (χ2n) is 3.30. The first-order valence-corrected chi connectivity index (χ1v) is 4.76. The Morgan fingerprint density at radius 2 is 1.92 bits per heavy atom. The van der Waals surface area contributed by atoms with E-state index in [-0.39, 0.29) is 0 Å². The van der Waals surface area contributed by atoms with Gasteiger partial charge in [0.25, 0.3) is 0 Å². The zero-order chi connectivity index (χ0) is 9.68. The lowest BCUT2D eigenvalue weighted by atomic mass is 10.1. The standard InChI is InChI=1S/C12H17N/c1-3-4-5-10(2)11-6-8-12(13)9-7-11/h5-9H,3-4,13H2,1-2H3/b10-5+. The van der Waals surface area contributed by atoms with E-state index >= 15 is 0 Å². The molecule has 0 aliphatic heterocycles. The Morgan fingerprint density at radius 3 is 2.46 bits per heavy atom. The van der Waals surface area contributed by atoms with E-state index in [4.69, 9.17) is 5.73 Å². The van der Waals surface area contributed by atoms with Crippen LogP contribution in [0.15, 0.2) is 30.3 Å². The summed E-state index contributed by atoms with van der Waals surface area (Å²) < 4.78 is 0. The van der Waals surface area contributed by atoms with Gasteiger partial charge in [0.2, 0.25) is 0 Å². The van der Waals surface area contributed by atoms with Gasteiger partial charge in [0.05, 0.1) is 0 Å². The Kier molecular flexibility index (Phi) is 3.56. The largest absolute Gasteiger partial charge is 0.399 e. The molecule has 0 heterocycles. The fourth-order valence-corrected chi connectivity index (χ4v) is 1.22. The third kappa shape index (κ3) is 2.94. The van der Waals surface area contributed by atoms with Crippen molar-refractivity contribution in [3.8, 4) is 0 Å². The average molecular weight is 175 g/mol. The quantitative estimate of drug-likeness (QED) is 0.699. The van der Waals surface area contributed by atoms with Gasteiger partial charge in [-0.15, -0.1) is 0 Å². The maximum absolute atomic E-state index is 5.61. The smallest absolute Gasteiger partial charge is 0.0314 e. The van der Waals surface area contributed by atoms with Crippen molar-refractivity contribution >= 4 is 11.3 Å². The molecule has 1 aromatic carbocycles. The van der Waals surface area contributed by atoms with Crippen molar-refractivity contribution in [2.24, 2.45) is 0 Å². The molecule has 0 saturated heterocycles. The molecular formula is C12H17N. The van der Waals surface area contributed by atoms with Gasteiger partial charge >= 0.3 is 0 Å². The normalized spacial score (nSPS) is 11.7. The van der Waals surface area contributed by atoms with Gasteiger partial charge < -0.3 is 5.73 Å². The van der Waals surface area contributed by atoms with Crippen LogP contribution in [0.2, 0.25) is 0 Å². The van der Waals surface area contributed by atoms with E-state index in [0.717, 1.165) is 12.1 Å². The van der Waals surface area contributed by atoms with E-state index in [1.165, 1.54) is 17.6 Å². The van der Waals surface area contributed by atoms with Gasteiger partial charge in [-0.3, -0.25) is 0 Å². The molecule has 2 N–H and O–H groups in total. The minimum atomic E-state index is 0.826. The van der Waals surface area contributed by atoms with Crippen LogP contribution in [0.25, 0.3) is 5.57 Å². The lowest BCUT2D eigenvalue weighted by Gasteiger charge is -2.01. The van der Waals surface area contributed by atoms with Gasteiger partial charge in [0.15, 0.2) is 0 Å². The number of anilines is 1. The fraction of sp³-hybridized carbons (Fsp3) is 0.333. The molecule has 0 aromatic heterocycles. The number of allylic oxidation sites excluding steroid dienone is 2. The summed E-state index contributed by atoms with van der Waals surface area (Å²) in [7, 11) is 0. The van der Waals surface area contributed by atoms with Crippen LogP contribution >= 0.6 is 0 Å². The van der Waals surface area contributed by atoms with Crippen molar-refractivity contribution in [3.63, 3.8) is 0 Å². The predicted octanol–water partition coefficient (Wildman–Crippen LogP) is 3.47. The fourth-order valence-electron chi connectivity index (χ4n) is 1.22. The van der Waals surface area contributed by atoms with Crippen LogP contribution in [-0.4, -0.2) is 0 Å². The molecule has 0 spiro atoms. The summed E-state index contributed by atoms with van der Waals surface area (Å²) in [6.45, 7) is 4.33. The van der Waals surface area contributed by atoms with Crippen LogP contribution in [0.1, 0.15) is 32.3 Å². The molecule has 70 valence electrons. The minimum Gasteiger partial charge on any atom is -0.399 e. The van der Waals surface area contributed by atoms with E-state index in [0.29, 0.717) is 0 Å². The van der Waals surface area contributed by atoms with Crippen LogP contribution in [0.5, 0.6) is 0 Å². The topological polar surface area (TPSA) is 26.0 Å². The van der Waals surface area contributed by atoms with Gasteiger partial charge in [-0.1, -0.05) is 31.6 Å². The van der Waals surface area contributed by atoms with Gasteiger partial charge in [-0.2, -0.15) is 0 Å². The lowest BCUT2D eigenvalue weighted by Crippen LogP contribution is -1.85. The second-order valence-corrected chi connectivity index (χ2v) is 3.30. The average Bonchev–Trinajstić information content (AvgIpc) is 2.15. The Labute approximate surface area is 80.3 Å². The molecule has 0 atom stereocenters. The van der Waals surface area contributed by atoms with Crippen molar-refractivity contribution in [2.45, 2.75) is 26.7 Å². The lowest BCUT2D eigenvalue weighted by molar-refractivity contribution is 0.959. The molecule has 0 saturated carbocycles. The molecule has 0 unspecified atom stereocenters. The van der Waals surface area contributed by atoms with Crippen molar-refractivity contribution in [3.05, 3.63) is 35.9 Å². The summed E-state index contributed by atoms with van der Waals surface area (Å²) in [5.74, 6) is 0. The number of rotatable bonds is 3. The van der Waals surface area contributed by atoms with Gasteiger partial charge in [-0.05, 0) is 36.6 Å². The molecule has 0 amide bonds. The summed E-state index contributed by atoms with van der Waals surface area (Å²) in [6.07, 6.45) is 4.62. The first kappa shape index (κ1) is 9.85. The maximum Gasteiger partial charge on any atom is 0.0314 e. The number of nitrogens with two attached hydrogens (primary N) is 1. The van der Waals surface area contributed by atoms with Gasteiger partial charge in [0.1, 0.15) is 0 Å². The molecule has 0 fully saturated rings. The predicted molar refractivity (Wildman–Crippen MR) is 59.4 cm³/mol. The Hall–Kier alpha value is -1.24. The number of benzene rings is 1. The van der Waals surface area contributed by atoms with Crippen LogP contribution in [0, 0.1) is 0 Å². The van der Waals surface area contributed by atoms with Crippen molar-refractivity contribution < 1.29 is 0 Å². The highest BCUT2D eigenvalue weighted by molar-refractivity contribution is 5.65. The Bertz CT molecular complexity index is 282. The van der Waals surface area contributed by atoms with Gasteiger partial charge in [-0.25, -0.2) is 0 Å². The summed E-state index contributed by atoms with van der Waals surface area (Å²) >= 11 is 0. The number of hydrogen-bond acceptors (Lipinski definition) is 1. The van der Waals surface area contributed by atoms with Crippen molar-refractivity contribution in [2.75, 3.05) is 5.73 Å². The van der Waals surface area contributed by atoms with E-state index in [1.807, 2.05) is 12.1 Å². The van der Waals surface area contributed by atoms with Crippen molar-refractivity contribution in [1.29, 1.82) is 0 Å². The van der Waals surface area contributed by atoms with Crippen LogP contribution in [0.4, 0.5) is 5.69 Å². The number of nitrogen functional groups attached to an aromatic ring is 1. The summed E-state index contributed by atoms with van der Waals surface area (Å²) in [6, 6.07) is 8.02. The molecular weight excluding hydrogens is 158 g/mol. The molecule has 1 nitrogen and oxygen atoms in total. The molecule has 0 radical (unpaired) electrons. The highest BCUT2D eigenvalue weighted by atomic mass is 14.5. The minimum absolute atomic E-state index is 0.826. The van der Waals surface area contributed by atoms with E-state index in [2.05, 4.69) is 32.1 Å². The molecule has 0 aliphatic carbocycles. The molecule has 0 aliphatic rings. The SMILES string of the molecule is CCC/C=C(\C)c1ccc(N)cc1. The van der Waals surface area contributed by atoms with Crippen LogP contribution in [0.3, 0.4) is 0 Å². The van der Waals surface area contributed by atoms with E-state index in [1.54, 1.807) is 0 Å².